The average molecular weight is 416 g/mol. The zero-order chi connectivity index (χ0) is 20.9. The van der Waals surface area contributed by atoms with Crippen LogP contribution in [0.15, 0.2) is 54.6 Å². The van der Waals surface area contributed by atoms with E-state index in [4.69, 9.17) is 4.74 Å². The summed E-state index contributed by atoms with van der Waals surface area (Å²) in [5, 5.41) is 2.81. The van der Waals surface area contributed by atoms with E-state index < -0.39 is 10.0 Å². The summed E-state index contributed by atoms with van der Waals surface area (Å²) in [5.41, 5.74) is 2.01. The van der Waals surface area contributed by atoms with Crippen molar-refractivity contribution < 1.29 is 22.7 Å². The van der Waals surface area contributed by atoms with Crippen LogP contribution in [0.3, 0.4) is 0 Å². The molecule has 1 aliphatic rings. The number of carbonyl (C=O) groups is 2. The maximum atomic E-state index is 12.3. The molecule has 0 saturated carbocycles. The minimum absolute atomic E-state index is 0.117. The Labute approximate surface area is 170 Å². The van der Waals surface area contributed by atoms with Crippen LogP contribution in [0.2, 0.25) is 0 Å². The lowest BCUT2D eigenvalue weighted by atomic mass is 9.98. The number of piperidine rings is 1. The lowest BCUT2D eigenvalue weighted by Crippen LogP contribution is -2.40. The van der Waals surface area contributed by atoms with Crippen molar-refractivity contribution in [3.63, 3.8) is 0 Å². The van der Waals surface area contributed by atoms with Gasteiger partial charge in [-0.25, -0.2) is 12.7 Å². The molecule has 2 aromatic rings. The summed E-state index contributed by atoms with van der Waals surface area (Å²) in [5.74, 6) is -0.814. The van der Waals surface area contributed by atoms with E-state index in [0.717, 1.165) is 11.3 Å². The molecule has 8 heteroatoms. The summed E-state index contributed by atoms with van der Waals surface area (Å²) < 4.78 is 29.8. The van der Waals surface area contributed by atoms with Crippen LogP contribution in [0.4, 0.5) is 5.69 Å². The van der Waals surface area contributed by atoms with E-state index >= 15 is 0 Å². The van der Waals surface area contributed by atoms with Gasteiger partial charge in [0.25, 0.3) is 5.91 Å². The van der Waals surface area contributed by atoms with Crippen LogP contribution in [-0.4, -0.2) is 43.9 Å². The monoisotopic (exact) mass is 416 g/mol. The van der Waals surface area contributed by atoms with E-state index in [-0.39, 0.29) is 24.4 Å². The Balaban J connectivity index is 1.48. The Morgan fingerprint density at radius 3 is 2.24 bits per heavy atom. The van der Waals surface area contributed by atoms with E-state index in [1.807, 2.05) is 30.3 Å². The Kier molecular flexibility index (Phi) is 6.66. The predicted octanol–water partition coefficient (Wildman–Crippen LogP) is 2.65. The van der Waals surface area contributed by atoms with Crippen LogP contribution in [0, 0.1) is 5.92 Å². The van der Waals surface area contributed by atoms with E-state index in [1.54, 1.807) is 24.3 Å². The molecule has 0 bridgehead atoms. The number of sulfonamides is 1. The second kappa shape index (κ2) is 9.19. The molecule has 0 unspecified atom stereocenters. The summed E-state index contributed by atoms with van der Waals surface area (Å²) in [7, 11) is -3.21. The molecule has 0 atom stereocenters. The number of anilines is 1. The highest BCUT2D eigenvalue weighted by Gasteiger charge is 2.29. The van der Waals surface area contributed by atoms with Crippen molar-refractivity contribution in [3.05, 3.63) is 65.7 Å². The van der Waals surface area contributed by atoms with Crippen molar-refractivity contribution >= 4 is 27.6 Å². The van der Waals surface area contributed by atoms with Crippen molar-refractivity contribution in [1.29, 1.82) is 0 Å². The number of carbonyl (C=O) groups excluding carboxylic acids is 2. The number of benzene rings is 2. The van der Waals surface area contributed by atoms with Gasteiger partial charge in [-0.15, -0.1) is 0 Å². The largest absolute Gasteiger partial charge is 0.461 e. The van der Waals surface area contributed by atoms with Crippen LogP contribution in [0.25, 0.3) is 0 Å². The standard InChI is InChI=1S/C21H24N2O5S/c1-29(26,27)23-13-11-18(12-14-23)21(25)28-15-16-7-9-17(10-8-16)20(24)22-19-5-3-2-4-6-19/h2-10,18H,11-15H2,1H3,(H,22,24). The molecular weight excluding hydrogens is 392 g/mol. The highest BCUT2D eigenvalue weighted by atomic mass is 32.2. The van der Waals surface area contributed by atoms with Gasteiger partial charge in [-0.2, -0.15) is 0 Å². The third-order valence-corrected chi connectivity index (χ3v) is 6.19. The van der Waals surface area contributed by atoms with Gasteiger partial charge in [0.05, 0.1) is 12.2 Å². The van der Waals surface area contributed by atoms with Gasteiger partial charge in [-0.1, -0.05) is 30.3 Å². The molecule has 29 heavy (non-hydrogen) atoms. The summed E-state index contributed by atoms with van der Waals surface area (Å²) >= 11 is 0. The van der Waals surface area contributed by atoms with Gasteiger partial charge in [-0.05, 0) is 42.7 Å². The minimum atomic E-state index is -3.21. The summed E-state index contributed by atoms with van der Waals surface area (Å²) in [6, 6.07) is 16.1. The number of amides is 1. The molecule has 1 heterocycles. The SMILES string of the molecule is CS(=O)(=O)N1CCC(C(=O)OCc2ccc(C(=O)Nc3ccccc3)cc2)CC1. The van der Waals surface area contributed by atoms with Crippen molar-refractivity contribution in [2.75, 3.05) is 24.7 Å². The fourth-order valence-corrected chi connectivity index (χ4v) is 4.05. The highest BCUT2D eigenvalue weighted by Crippen LogP contribution is 2.21. The van der Waals surface area contributed by atoms with E-state index in [0.29, 0.717) is 31.5 Å². The Morgan fingerprint density at radius 2 is 1.66 bits per heavy atom. The predicted molar refractivity (Wildman–Crippen MR) is 110 cm³/mol. The van der Waals surface area contributed by atoms with Gasteiger partial charge in [-0.3, -0.25) is 9.59 Å². The number of hydrogen-bond donors (Lipinski definition) is 1. The summed E-state index contributed by atoms with van der Waals surface area (Å²) in [6.07, 6.45) is 2.10. The Morgan fingerprint density at radius 1 is 1.03 bits per heavy atom. The fourth-order valence-electron chi connectivity index (χ4n) is 3.17. The van der Waals surface area contributed by atoms with Crippen LogP contribution < -0.4 is 5.32 Å². The first kappa shape index (κ1) is 21.0. The van der Waals surface area contributed by atoms with Gasteiger partial charge in [0.15, 0.2) is 0 Å². The quantitative estimate of drug-likeness (QED) is 0.731. The first-order valence-electron chi connectivity index (χ1n) is 9.40. The molecule has 0 spiro atoms. The summed E-state index contributed by atoms with van der Waals surface area (Å²) in [6.45, 7) is 0.791. The molecule has 1 aliphatic heterocycles. The minimum Gasteiger partial charge on any atom is -0.461 e. The Hall–Kier alpha value is -2.71. The van der Waals surface area contributed by atoms with Crippen molar-refractivity contribution in [3.8, 4) is 0 Å². The first-order valence-corrected chi connectivity index (χ1v) is 11.2. The maximum Gasteiger partial charge on any atom is 0.309 e. The highest BCUT2D eigenvalue weighted by molar-refractivity contribution is 7.88. The first-order chi connectivity index (χ1) is 13.8. The van der Waals surface area contributed by atoms with E-state index in [2.05, 4.69) is 5.32 Å². The number of nitrogens with one attached hydrogen (secondary N) is 1. The zero-order valence-corrected chi connectivity index (χ0v) is 17.0. The smallest absolute Gasteiger partial charge is 0.309 e. The number of para-hydroxylation sites is 1. The van der Waals surface area contributed by atoms with Crippen molar-refractivity contribution in [2.45, 2.75) is 19.4 Å². The molecule has 0 aliphatic carbocycles. The van der Waals surface area contributed by atoms with Crippen LogP contribution in [-0.2, 0) is 26.2 Å². The maximum absolute atomic E-state index is 12.3. The number of esters is 1. The molecule has 1 fully saturated rings. The topological polar surface area (TPSA) is 92.8 Å². The van der Waals surface area contributed by atoms with Crippen LogP contribution in [0.5, 0.6) is 0 Å². The van der Waals surface area contributed by atoms with Crippen LogP contribution >= 0.6 is 0 Å². The molecule has 1 N–H and O–H groups in total. The summed E-state index contributed by atoms with van der Waals surface area (Å²) in [4.78, 5) is 24.5. The second-order valence-corrected chi connectivity index (χ2v) is 9.04. The van der Waals surface area contributed by atoms with E-state index in [1.165, 1.54) is 10.6 Å². The molecular formula is C21H24N2O5S. The molecule has 0 aromatic heterocycles. The number of ether oxygens (including phenoxy) is 1. The van der Waals surface area contributed by atoms with Gasteiger partial charge >= 0.3 is 5.97 Å². The van der Waals surface area contributed by atoms with Crippen LogP contribution in [0.1, 0.15) is 28.8 Å². The van der Waals surface area contributed by atoms with Gasteiger partial charge in [0.1, 0.15) is 6.61 Å². The molecule has 2 aromatic carbocycles. The lowest BCUT2D eigenvalue weighted by molar-refractivity contribution is -0.151. The molecule has 154 valence electrons. The fraction of sp³-hybridized carbons (Fsp3) is 0.333. The number of rotatable bonds is 6. The van der Waals surface area contributed by atoms with E-state index in [9.17, 15) is 18.0 Å². The number of nitrogens with zero attached hydrogens (tertiary/aromatic N) is 1. The molecule has 1 saturated heterocycles. The molecule has 7 nitrogen and oxygen atoms in total. The number of hydrogen-bond acceptors (Lipinski definition) is 5. The van der Waals surface area contributed by atoms with Gasteiger partial charge in [0, 0.05) is 24.3 Å². The van der Waals surface area contributed by atoms with Crippen molar-refractivity contribution in [1.82, 2.24) is 4.31 Å². The third kappa shape index (κ3) is 5.88. The lowest BCUT2D eigenvalue weighted by Gasteiger charge is -2.28. The molecule has 0 radical (unpaired) electrons. The molecule has 3 rings (SSSR count). The average Bonchev–Trinajstić information content (AvgIpc) is 2.72. The van der Waals surface area contributed by atoms with Crippen molar-refractivity contribution in [2.24, 2.45) is 5.92 Å². The third-order valence-electron chi connectivity index (χ3n) is 4.89. The van der Waals surface area contributed by atoms with Gasteiger partial charge in [0.2, 0.25) is 10.0 Å². The normalized spacial score (nSPS) is 15.6. The zero-order valence-electron chi connectivity index (χ0n) is 16.2. The van der Waals surface area contributed by atoms with Gasteiger partial charge < -0.3 is 10.1 Å². The second-order valence-electron chi connectivity index (χ2n) is 7.06. The Bertz CT molecular complexity index is 950. The molecule has 1 amide bonds.